The zero-order chi connectivity index (χ0) is 13.8. The van der Waals surface area contributed by atoms with Crippen LogP contribution in [-0.2, 0) is 17.8 Å². The van der Waals surface area contributed by atoms with Crippen molar-refractivity contribution < 1.29 is 9.84 Å². The number of phenols is 1. The zero-order valence-corrected chi connectivity index (χ0v) is 11.3. The summed E-state index contributed by atoms with van der Waals surface area (Å²) in [6.45, 7) is 2.25. The molecule has 1 aromatic carbocycles. The Hall–Kier alpha value is -2.01. The number of aromatic nitrogens is 2. The van der Waals surface area contributed by atoms with Crippen LogP contribution in [0.5, 0.6) is 5.75 Å². The Morgan fingerprint density at radius 3 is 3.10 bits per heavy atom. The van der Waals surface area contributed by atoms with Gasteiger partial charge < -0.3 is 15.2 Å². The van der Waals surface area contributed by atoms with Crippen molar-refractivity contribution in [2.45, 2.75) is 32.0 Å². The Labute approximate surface area is 118 Å². The van der Waals surface area contributed by atoms with Crippen LogP contribution in [0.25, 0.3) is 0 Å². The number of hydrogen-bond acceptors (Lipinski definition) is 4. The topological polar surface area (TPSA) is 59.3 Å². The van der Waals surface area contributed by atoms with Crippen LogP contribution in [0.3, 0.4) is 0 Å². The lowest BCUT2D eigenvalue weighted by Gasteiger charge is -2.08. The van der Waals surface area contributed by atoms with E-state index in [0.29, 0.717) is 18.4 Å². The van der Waals surface area contributed by atoms with Crippen LogP contribution >= 0.6 is 0 Å². The molecule has 0 spiro atoms. The Balaban J connectivity index is 1.56. The molecule has 0 radical (unpaired) electrons. The van der Waals surface area contributed by atoms with E-state index in [-0.39, 0.29) is 0 Å². The van der Waals surface area contributed by atoms with Gasteiger partial charge in [0, 0.05) is 24.9 Å². The predicted molar refractivity (Wildman–Crippen MR) is 76.6 cm³/mol. The zero-order valence-electron chi connectivity index (χ0n) is 11.3. The summed E-state index contributed by atoms with van der Waals surface area (Å²) < 4.78 is 7.50. The summed E-state index contributed by atoms with van der Waals surface area (Å²) >= 11 is 0. The molecule has 1 fully saturated rings. The molecule has 0 saturated carbocycles. The number of benzene rings is 1. The molecule has 3 rings (SSSR count). The lowest BCUT2D eigenvalue weighted by atomic mass is 10.2. The smallest absolute Gasteiger partial charge is 0.120 e. The van der Waals surface area contributed by atoms with Gasteiger partial charge in [-0.1, -0.05) is 18.2 Å². The number of nitrogens with one attached hydrogen (secondary N) is 1. The van der Waals surface area contributed by atoms with E-state index in [4.69, 9.17) is 4.74 Å². The second-order valence-corrected chi connectivity index (χ2v) is 5.07. The van der Waals surface area contributed by atoms with Gasteiger partial charge >= 0.3 is 0 Å². The maximum atomic E-state index is 9.71. The number of hydrogen-bond donors (Lipinski definition) is 2. The van der Waals surface area contributed by atoms with Crippen molar-refractivity contribution in [2.24, 2.45) is 0 Å². The highest BCUT2D eigenvalue weighted by Gasteiger charge is 2.16. The maximum Gasteiger partial charge on any atom is 0.120 e. The van der Waals surface area contributed by atoms with E-state index in [0.717, 1.165) is 37.2 Å². The van der Waals surface area contributed by atoms with Crippen molar-refractivity contribution >= 4 is 5.69 Å². The Kier molecular flexibility index (Phi) is 3.87. The molecule has 1 unspecified atom stereocenters. The van der Waals surface area contributed by atoms with Crippen LogP contribution in [0.15, 0.2) is 36.7 Å². The third kappa shape index (κ3) is 3.11. The van der Waals surface area contributed by atoms with Gasteiger partial charge in [-0.15, -0.1) is 0 Å². The minimum Gasteiger partial charge on any atom is -0.508 e. The molecule has 0 aliphatic carbocycles. The molecule has 0 bridgehead atoms. The second kappa shape index (κ2) is 5.96. The van der Waals surface area contributed by atoms with Gasteiger partial charge in [0.05, 0.1) is 24.5 Å². The van der Waals surface area contributed by atoms with Crippen LogP contribution in [0.2, 0.25) is 0 Å². The van der Waals surface area contributed by atoms with Crippen LogP contribution in [0, 0.1) is 0 Å². The molecular weight excluding hydrogens is 254 g/mol. The molecule has 1 saturated heterocycles. The molecule has 2 heterocycles. The molecule has 20 heavy (non-hydrogen) atoms. The normalized spacial score (nSPS) is 18.3. The third-order valence-corrected chi connectivity index (χ3v) is 3.52. The minimum absolute atomic E-state index is 0.293. The minimum atomic E-state index is 0.293. The number of phenolic OH excluding ortho intramolecular Hbond substituents is 1. The lowest BCUT2D eigenvalue weighted by molar-refractivity contribution is 0.0940. The number of rotatable bonds is 5. The Bertz CT molecular complexity index is 562. The lowest BCUT2D eigenvalue weighted by Crippen LogP contribution is -2.15. The summed E-state index contributed by atoms with van der Waals surface area (Å²) in [5, 5.41) is 17.3. The predicted octanol–water partition coefficient (Wildman–Crippen LogP) is 2.38. The fraction of sp³-hybridized carbons (Fsp3) is 0.400. The van der Waals surface area contributed by atoms with E-state index in [1.54, 1.807) is 12.3 Å². The molecule has 106 valence electrons. The van der Waals surface area contributed by atoms with Gasteiger partial charge in [0.15, 0.2) is 0 Å². The summed E-state index contributed by atoms with van der Waals surface area (Å²) in [5.74, 6) is 0.312. The Morgan fingerprint density at radius 1 is 1.40 bits per heavy atom. The largest absolute Gasteiger partial charge is 0.508 e. The Morgan fingerprint density at radius 2 is 2.30 bits per heavy atom. The highest BCUT2D eigenvalue weighted by molar-refractivity contribution is 5.41. The molecule has 1 aromatic heterocycles. The molecule has 2 aromatic rings. The number of nitrogens with zero attached hydrogens (tertiary/aromatic N) is 2. The molecule has 5 nitrogen and oxygen atoms in total. The van der Waals surface area contributed by atoms with E-state index in [2.05, 4.69) is 10.4 Å². The quantitative estimate of drug-likeness (QED) is 0.878. The number of ether oxygens (including phenoxy) is 1. The second-order valence-electron chi connectivity index (χ2n) is 5.07. The average Bonchev–Trinajstić information content (AvgIpc) is 3.10. The average molecular weight is 273 g/mol. The van der Waals surface area contributed by atoms with Crippen LogP contribution in [0.4, 0.5) is 5.69 Å². The van der Waals surface area contributed by atoms with Crippen molar-refractivity contribution in [3.63, 3.8) is 0 Å². The molecular formula is C15H19N3O2. The van der Waals surface area contributed by atoms with Gasteiger partial charge in [-0.2, -0.15) is 5.10 Å². The first-order valence-electron chi connectivity index (χ1n) is 6.96. The van der Waals surface area contributed by atoms with Crippen molar-refractivity contribution in [1.29, 1.82) is 0 Å². The fourth-order valence-electron chi connectivity index (χ4n) is 2.41. The molecule has 0 amide bonds. The van der Waals surface area contributed by atoms with E-state index >= 15 is 0 Å². The highest BCUT2D eigenvalue weighted by atomic mass is 16.5. The first-order chi connectivity index (χ1) is 9.81. The summed E-state index contributed by atoms with van der Waals surface area (Å²) in [4.78, 5) is 0. The highest BCUT2D eigenvalue weighted by Crippen LogP contribution is 2.18. The van der Waals surface area contributed by atoms with E-state index in [1.807, 2.05) is 29.1 Å². The standard InChI is InChI=1S/C15H19N3O2/c19-15-6-2-1-4-12(15)8-16-13-9-17-18(10-13)11-14-5-3-7-20-14/h1-2,4,6,9-10,14,16,19H,3,5,7-8,11H2. The number of anilines is 1. The summed E-state index contributed by atoms with van der Waals surface area (Å²) in [5.41, 5.74) is 1.82. The fourth-order valence-corrected chi connectivity index (χ4v) is 2.41. The molecule has 1 aliphatic heterocycles. The SMILES string of the molecule is Oc1ccccc1CNc1cnn(CC2CCCO2)c1. The number of aromatic hydroxyl groups is 1. The molecule has 5 heteroatoms. The van der Waals surface area contributed by atoms with Crippen molar-refractivity contribution in [3.8, 4) is 5.75 Å². The first-order valence-corrected chi connectivity index (χ1v) is 6.96. The summed E-state index contributed by atoms with van der Waals surface area (Å²) in [7, 11) is 0. The molecule has 2 N–H and O–H groups in total. The molecule has 1 aliphatic rings. The monoisotopic (exact) mass is 273 g/mol. The van der Waals surface area contributed by atoms with Gasteiger partial charge in [-0.3, -0.25) is 4.68 Å². The van der Waals surface area contributed by atoms with Gasteiger partial charge in [-0.25, -0.2) is 0 Å². The number of para-hydroxylation sites is 1. The summed E-state index contributed by atoms with van der Waals surface area (Å²) in [6.07, 6.45) is 6.32. The van der Waals surface area contributed by atoms with Crippen LogP contribution in [0.1, 0.15) is 18.4 Å². The van der Waals surface area contributed by atoms with Crippen LogP contribution < -0.4 is 5.32 Å². The van der Waals surface area contributed by atoms with Gasteiger partial charge in [0.25, 0.3) is 0 Å². The van der Waals surface area contributed by atoms with E-state index < -0.39 is 0 Å². The van der Waals surface area contributed by atoms with Crippen molar-refractivity contribution in [1.82, 2.24) is 9.78 Å². The molecule has 1 atom stereocenters. The van der Waals surface area contributed by atoms with Gasteiger partial charge in [-0.05, 0) is 18.9 Å². The van der Waals surface area contributed by atoms with E-state index in [9.17, 15) is 5.11 Å². The van der Waals surface area contributed by atoms with Crippen LogP contribution in [-0.4, -0.2) is 27.6 Å². The van der Waals surface area contributed by atoms with E-state index in [1.165, 1.54) is 0 Å². The van der Waals surface area contributed by atoms with Gasteiger partial charge in [0.1, 0.15) is 5.75 Å². The van der Waals surface area contributed by atoms with Crippen molar-refractivity contribution in [3.05, 3.63) is 42.2 Å². The summed E-state index contributed by atoms with van der Waals surface area (Å²) in [6, 6.07) is 7.33. The third-order valence-electron chi connectivity index (χ3n) is 3.52. The first kappa shape index (κ1) is 13.0. The maximum absolute atomic E-state index is 9.71. The van der Waals surface area contributed by atoms with Gasteiger partial charge in [0.2, 0.25) is 0 Å². The van der Waals surface area contributed by atoms with Crippen molar-refractivity contribution in [2.75, 3.05) is 11.9 Å².